The standard InChI is InChI=1S/C18H19BrN2O3/c1-3-24-18(23)13-6-4-5-7-15(13)20-11-17(22)21-16-9-8-12(2)10-14(16)19/h4-10,20H,3,11H2,1-2H3,(H,21,22). The number of amides is 1. The number of rotatable bonds is 6. The van der Waals surface area contributed by atoms with E-state index in [0.29, 0.717) is 23.5 Å². The molecule has 0 unspecified atom stereocenters. The van der Waals surface area contributed by atoms with E-state index in [-0.39, 0.29) is 12.5 Å². The fourth-order valence-electron chi connectivity index (χ4n) is 2.12. The fraction of sp³-hybridized carbons (Fsp3) is 0.222. The Hall–Kier alpha value is -2.34. The van der Waals surface area contributed by atoms with Crippen molar-refractivity contribution in [1.82, 2.24) is 0 Å². The molecule has 0 fully saturated rings. The molecular formula is C18H19BrN2O3. The number of nitrogens with one attached hydrogen (secondary N) is 2. The van der Waals surface area contributed by atoms with Crippen molar-refractivity contribution in [3.05, 3.63) is 58.1 Å². The van der Waals surface area contributed by atoms with Crippen LogP contribution in [0.2, 0.25) is 0 Å². The minimum absolute atomic E-state index is 0.0384. The van der Waals surface area contributed by atoms with Crippen LogP contribution in [0.3, 0.4) is 0 Å². The van der Waals surface area contributed by atoms with Crippen molar-refractivity contribution in [1.29, 1.82) is 0 Å². The minimum Gasteiger partial charge on any atom is -0.462 e. The third kappa shape index (κ3) is 4.83. The number of hydrogen-bond acceptors (Lipinski definition) is 4. The van der Waals surface area contributed by atoms with E-state index in [1.54, 1.807) is 31.2 Å². The van der Waals surface area contributed by atoms with Gasteiger partial charge in [-0.1, -0.05) is 18.2 Å². The highest BCUT2D eigenvalue weighted by Gasteiger charge is 2.13. The van der Waals surface area contributed by atoms with E-state index in [1.807, 2.05) is 25.1 Å². The van der Waals surface area contributed by atoms with Gasteiger partial charge >= 0.3 is 5.97 Å². The van der Waals surface area contributed by atoms with Crippen LogP contribution >= 0.6 is 15.9 Å². The van der Waals surface area contributed by atoms with Crippen LogP contribution in [0.25, 0.3) is 0 Å². The summed E-state index contributed by atoms with van der Waals surface area (Å²) in [4.78, 5) is 24.0. The van der Waals surface area contributed by atoms with Crippen molar-refractivity contribution in [3.8, 4) is 0 Å². The quantitative estimate of drug-likeness (QED) is 0.731. The van der Waals surface area contributed by atoms with E-state index in [2.05, 4.69) is 26.6 Å². The van der Waals surface area contributed by atoms with Gasteiger partial charge in [-0.3, -0.25) is 4.79 Å². The predicted octanol–water partition coefficient (Wildman–Crippen LogP) is 3.98. The number of esters is 1. The first-order valence-electron chi connectivity index (χ1n) is 7.57. The zero-order chi connectivity index (χ0) is 17.5. The minimum atomic E-state index is -0.415. The van der Waals surface area contributed by atoms with Crippen LogP contribution in [0.4, 0.5) is 11.4 Å². The van der Waals surface area contributed by atoms with E-state index in [9.17, 15) is 9.59 Å². The molecule has 0 atom stereocenters. The van der Waals surface area contributed by atoms with Crippen LogP contribution < -0.4 is 10.6 Å². The maximum atomic E-state index is 12.1. The molecular weight excluding hydrogens is 372 g/mol. The number of carbonyl (C=O) groups excluding carboxylic acids is 2. The summed E-state index contributed by atoms with van der Waals surface area (Å²) in [6, 6.07) is 12.6. The zero-order valence-corrected chi connectivity index (χ0v) is 15.1. The van der Waals surface area contributed by atoms with Crippen molar-refractivity contribution >= 4 is 39.2 Å². The van der Waals surface area contributed by atoms with Crippen molar-refractivity contribution in [2.24, 2.45) is 0 Å². The molecule has 1 amide bonds. The Morgan fingerprint density at radius 3 is 2.58 bits per heavy atom. The lowest BCUT2D eigenvalue weighted by Gasteiger charge is -2.12. The first-order chi connectivity index (χ1) is 11.5. The van der Waals surface area contributed by atoms with Crippen molar-refractivity contribution in [2.75, 3.05) is 23.8 Å². The molecule has 24 heavy (non-hydrogen) atoms. The van der Waals surface area contributed by atoms with Crippen molar-refractivity contribution < 1.29 is 14.3 Å². The largest absolute Gasteiger partial charge is 0.462 e. The highest BCUT2D eigenvalue weighted by atomic mass is 79.9. The van der Waals surface area contributed by atoms with Gasteiger partial charge in [0.1, 0.15) is 0 Å². The number of benzene rings is 2. The smallest absolute Gasteiger partial charge is 0.340 e. The number of ether oxygens (including phenoxy) is 1. The van der Waals surface area contributed by atoms with E-state index in [4.69, 9.17) is 4.74 Å². The summed E-state index contributed by atoms with van der Waals surface area (Å²) < 4.78 is 5.83. The molecule has 5 nitrogen and oxygen atoms in total. The highest BCUT2D eigenvalue weighted by molar-refractivity contribution is 9.10. The maximum Gasteiger partial charge on any atom is 0.340 e. The molecule has 0 aliphatic heterocycles. The summed E-state index contributed by atoms with van der Waals surface area (Å²) >= 11 is 3.42. The van der Waals surface area contributed by atoms with Gasteiger partial charge in [-0.25, -0.2) is 4.79 Å². The molecule has 0 bridgehead atoms. The first-order valence-corrected chi connectivity index (χ1v) is 8.36. The molecule has 0 aromatic heterocycles. The van der Waals surface area contributed by atoms with Gasteiger partial charge in [0.05, 0.1) is 24.4 Å². The monoisotopic (exact) mass is 390 g/mol. The van der Waals surface area contributed by atoms with E-state index < -0.39 is 5.97 Å². The molecule has 2 rings (SSSR count). The number of carbonyl (C=O) groups is 2. The molecule has 126 valence electrons. The third-order valence-electron chi connectivity index (χ3n) is 3.26. The van der Waals surface area contributed by atoms with Crippen LogP contribution in [0.5, 0.6) is 0 Å². The molecule has 0 aliphatic rings. The number of anilines is 2. The van der Waals surface area contributed by atoms with E-state index in [0.717, 1.165) is 10.0 Å². The summed E-state index contributed by atoms with van der Waals surface area (Å²) in [5, 5.41) is 5.79. The molecule has 0 saturated heterocycles. The summed E-state index contributed by atoms with van der Waals surface area (Å²) in [7, 11) is 0. The highest BCUT2D eigenvalue weighted by Crippen LogP contribution is 2.23. The summed E-state index contributed by atoms with van der Waals surface area (Å²) in [6.45, 7) is 4.07. The van der Waals surface area contributed by atoms with Gasteiger partial charge in [0, 0.05) is 10.2 Å². The Morgan fingerprint density at radius 1 is 1.12 bits per heavy atom. The second kappa shape index (κ2) is 8.49. The SMILES string of the molecule is CCOC(=O)c1ccccc1NCC(=O)Nc1ccc(C)cc1Br. The van der Waals surface area contributed by atoms with Gasteiger partial charge in [0.25, 0.3) is 0 Å². The number of hydrogen-bond donors (Lipinski definition) is 2. The molecule has 2 aromatic carbocycles. The van der Waals surface area contributed by atoms with E-state index in [1.165, 1.54) is 0 Å². The van der Waals surface area contributed by atoms with Crippen LogP contribution in [0.1, 0.15) is 22.8 Å². The lowest BCUT2D eigenvalue weighted by molar-refractivity contribution is -0.114. The van der Waals surface area contributed by atoms with Crippen LogP contribution in [0, 0.1) is 6.92 Å². The number of halogens is 1. The third-order valence-corrected chi connectivity index (χ3v) is 3.92. The lowest BCUT2D eigenvalue weighted by Crippen LogP contribution is -2.23. The Bertz CT molecular complexity index is 747. The van der Waals surface area contributed by atoms with Crippen molar-refractivity contribution in [2.45, 2.75) is 13.8 Å². The average molecular weight is 391 g/mol. The van der Waals surface area contributed by atoms with Gasteiger partial charge < -0.3 is 15.4 Å². The van der Waals surface area contributed by atoms with Crippen LogP contribution in [-0.4, -0.2) is 25.0 Å². The molecule has 2 aromatic rings. The predicted molar refractivity (Wildman–Crippen MR) is 98.4 cm³/mol. The topological polar surface area (TPSA) is 67.4 Å². The molecule has 0 radical (unpaired) electrons. The maximum absolute atomic E-state index is 12.1. The molecule has 2 N–H and O–H groups in total. The molecule has 0 heterocycles. The van der Waals surface area contributed by atoms with Crippen LogP contribution in [-0.2, 0) is 9.53 Å². The lowest BCUT2D eigenvalue weighted by atomic mass is 10.2. The molecule has 0 aliphatic carbocycles. The second-order valence-electron chi connectivity index (χ2n) is 5.15. The number of aryl methyl sites for hydroxylation is 1. The molecule has 6 heteroatoms. The Morgan fingerprint density at radius 2 is 1.88 bits per heavy atom. The van der Waals surface area contributed by atoms with Gasteiger partial charge in [-0.15, -0.1) is 0 Å². The summed E-state index contributed by atoms with van der Waals surface area (Å²) in [5.74, 6) is -0.625. The van der Waals surface area contributed by atoms with Crippen LogP contribution in [0.15, 0.2) is 46.9 Å². The Balaban J connectivity index is 2.00. The Labute approximate surface area is 149 Å². The average Bonchev–Trinajstić information content (AvgIpc) is 2.56. The van der Waals surface area contributed by atoms with Gasteiger partial charge in [-0.2, -0.15) is 0 Å². The summed E-state index contributed by atoms with van der Waals surface area (Å²) in [5.41, 5.74) is 2.77. The van der Waals surface area contributed by atoms with E-state index >= 15 is 0 Å². The van der Waals surface area contributed by atoms with Gasteiger partial charge in [0.2, 0.25) is 5.91 Å². The second-order valence-corrected chi connectivity index (χ2v) is 6.01. The van der Waals surface area contributed by atoms with Gasteiger partial charge in [0.15, 0.2) is 0 Å². The molecule has 0 spiro atoms. The van der Waals surface area contributed by atoms with Crippen molar-refractivity contribution in [3.63, 3.8) is 0 Å². The zero-order valence-electron chi connectivity index (χ0n) is 13.6. The Kier molecular flexibility index (Phi) is 6.37. The normalized spacial score (nSPS) is 10.1. The van der Waals surface area contributed by atoms with Gasteiger partial charge in [-0.05, 0) is 59.6 Å². The summed E-state index contributed by atoms with van der Waals surface area (Å²) in [6.07, 6.45) is 0. The number of para-hydroxylation sites is 1. The molecule has 0 saturated carbocycles. The first kappa shape index (κ1) is 18.0. The fourth-order valence-corrected chi connectivity index (χ4v) is 2.71.